The minimum Gasteiger partial charge on any atom is -0.490 e. The summed E-state index contributed by atoms with van der Waals surface area (Å²) in [5.74, 6) is 0.320. The Morgan fingerprint density at radius 3 is 2.86 bits per heavy atom. The molecule has 7 heteroatoms. The number of hydrogen-bond donors (Lipinski definition) is 1. The van der Waals surface area contributed by atoms with Crippen molar-refractivity contribution in [2.24, 2.45) is 0 Å². The normalized spacial score (nSPS) is 24.4. The summed E-state index contributed by atoms with van der Waals surface area (Å²) in [5.41, 5.74) is 1.02. The molecule has 2 aliphatic rings. The number of nitro groups is 1. The zero-order valence-electron chi connectivity index (χ0n) is 12.7. The van der Waals surface area contributed by atoms with Crippen LogP contribution in [0.15, 0.2) is 18.2 Å². The molecule has 1 aromatic carbocycles. The third-order valence-corrected chi connectivity index (χ3v) is 4.45. The van der Waals surface area contributed by atoms with Crippen molar-refractivity contribution in [3.05, 3.63) is 33.9 Å². The molecule has 2 unspecified atom stereocenters. The van der Waals surface area contributed by atoms with E-state index in [1.807, 2.05) is 6.07 Å². The molecule has 3 rings (SSSR count). The van der Waals surface area contributed by atoms with Crippen LogP contribution in [0.4, 0.5) is 5.69 Å². The number of benzene rings is 1. The van der Waals surface area contributed by atoms with Gasteiger partial charge in [-0.25, -0.2) is 0 Å². The number of rotatable bonds is 4. The van der Waals surface area contributed by atoms with Crippen molar-refractivity contribution in [2.45, 2.75) is 37.9 Å². The van der Waals surface area contributed by atoms with Crippen molar-refractivity contribution in [3.8, 4) is 5.75 Å². The fraction of sp³-hybridized carbons (Fsp3) is 0.600. The second kappa shape index (κ2) is 7.26. The molecular weight excluding hydrogens is 306 g/mol. The summed E-state index contributed by atoms with van der Waals surface area (Å²) in [6.07, 6.45) is 3.69. The first-order valence-electron chi connectivity index (χ1n) is 7.45. The van der Waals surface area contributed by atoms with Gasteiger partial charge in [0.25, 0.3) is 0 Å². The summed E-state index contributed by atoms with van der Waals surface area (Å²) in [5, 5.41) is 14.7. The van der Waals surface area contributed by atoms with E-state index < -0.39 is 0 Å². The second-order valence-electron chi connectivity index (χ2n) is 5.92. The Morgan fingerprint density at radius 2 is 2.14 bits per heavy atom. The summed E-state index contributed by atoms with van der Waals surface area (Å²) < 4.78 is 5.05. The highest BCUT2D eigenvalue weighted by Gasteiger charge is 2.29. The maximum absolute atomic E-state index is 11.1. The Labute approximate surface area is 136 Å². The van der Waals surface area contributed by atoms with Gasteiger partial charge >= 0.3 is 5.69 Å². The van der Waals surface area contributed by atoms with Gasteiger partial charge in [0.15, 0.2) is 5.75 Å². The number of fused-ring (bicyclic) bond motifs is 2. The molecule has 2 fully saturated rings. The fourth-order valence-electron chi connectivity index (χ4n) is 3.39. The molecular formula is C15H22ClN3O3. The van der Waals surface area contributed by atoms with Crippen LogP contribution in [0.2, 0.25) is 0 Å². The van der Waals surface area contributed by atoms with Crippen LogP contribution in [0.25, 0.3) is 0 Å². The molecule has 0 spiro atoms. The SMILES string of the molecule is COc1ccc(CN2CCC3CCC(C2)N3)cc1[N+](=O)[O-].Cl. The van der Waals surface area contributed by atoms with Crippen LogP contribution in [0.3, 0.4) is 0 Å². The van der Waals surface area contributed by atoms with Crippen LogP contribution in [-0.2, 0) is 6.54 Å². The molecule has 2 bridgehead atoms. The average molecular weight is 328 g/mol. The van der Waals surface area contributed by atoms with E-state index in [1.165, 1.54) is 20.0 Å². The zero-order valence-corrected chi connectivity index (χ0v) is 13.5. The van der Waals surface area contributed by atoms with Crippen LogP contribution in [0.5, 0.6) is 5.75 Å². The Hall–Kier alpha value is -1.37. The van der Waals surface area contributed by atoms with Crippen LogP contribution < -0.4 is 10.1 Å². The minimum atomic E-state index is -0.381. The highest BCUT2D eigenvalue weighted by atomic mass is 35.5. The Bertz CT molecular complexity index is 541. The molecule has 0 aliphatic carbocycles. The van der Waals surface area contributed by atoms with E-state index in [9.17, 15) is 10.1 Å². The van der Waals surface area contributed by atoms with Crippen molar-refractivity contribution >= 4 is 18.1 Å². The van der Waals surface area contributed by atoms with E-state index in [4.69, 9.17) is 4.74 Å². The lowest BCUT2D eigenvalue weighted by atomic mass is 10.1. The third-order valence-electron chi connectivity index (χ3n) is 4.45. The van der Waals surface area contributed by atoms with Crippen molar-refractivity contribution in [1.29, 1.82) is 0 Å². The predicted molar refractivity (Wildman–Crippen MR) is 86.7 cm³/mol. The highest BCUT2D eigenvalue weighted by Crippen LogP contribution is 2.28. The van der Waals surface area contributed by atoms with Gasteiger partial charge in [-0.3, -0.25) is 15.0 Å². The lowest BCUT2D eigenvalue weighted by Crippen LogP contribution is -2.34. The highest BCUT2D eigenvalue weighted by molar-refractivity contribution is 5.85. The largest absolute Gasteiger partial charge is 0.490 e. The van der Waals surface area contributed by atoms with Gasteiger partial charge in [0.1, 0.15) is 0 Å². The minimum absolute atomic E-state index is 0. The molecule has 0 saturated carbocycles. The van der Waals surface area contributed by atoms with Gasteiger partial charge < -0.3 is 10.1 Å². The van der Waals surface area contributed by atoms with Crippen LogP contribution in [0, 0.1) is 10.1 Å². The zero-order chi connectivity index (χ0) is 14.8. The maximum atomic E-state index is 11.1. The molecule has 0 aromatic heterocycles. The third kappa shape index (κ3) is 3.69. The van der Waals surface area contributed by atoms with Crippen molar-refractivity contribution in [2.75, 3.05) is 20.2 Å². The van der Waals surface area contributed by atoms with E-state index in [2.05, 4.69) is 10.2 Å². The first-order chi connectivity index (χ1) is 10.2. The summed E-state index contributed by atoms with van der Waals surface area (Å²) in [7, 11) is 1.46. The summed E-state index contributed by atoms with van der Waals surface area (Å²) in [6.45, 7) is 2.83. The van der Waals surface area contributed by atoms with Gasteiger partial charge in [-0.15, -0.1) is 12.4 Å². The van der Waals surface area contributed by atoms with Gasteiger partial charge in [-0.2, -0.15) is 0 Å². The molecule has 22 heavy (non-hydrogen) atoms. The van der Waals surface area contributed by atoms with E-state index in [1.54, 1.807) is 12.1 Å². The Kier molecular flexibility index (Phi) is 5.61. The second-order valence-corrected chi connectivity index (χ2v) is 5.92. The topological polar surface area (TPSA) is 67.6 Å². The van der Waals surface area contributed by atoms with Crippen LogP contribution in [-0.4, -0.2) is 42.1 Å². The first-order valence-corrected chi connectivity index (χ1v) is 7.45. The maximum Gasteiger partial charge on any atom is 0.311 e. The predicted octanol–water partition coefficient (Wildman–Crippen LogP) is 2.35. The summed E-state index contributed by atoms with van der Waals surface area (Å²) in [4.78, 5) is 13.1. The number of likely N-dealkylation sites (tertiary alicyclic amines) is 1. The van der Waals surface area contributed by atoms with E-state index in [0.717, 1.165) is 31.6 Å². The van der Waals surface area contributed by atoms with E-state index >= 15 is 0 Å². The number of ether oxygens (including phenoxy) is 1. The molecule has 2 saturated heterocycles. The average Bonchev–Trinajstić information content (AvgIpc) is 2.81. The Balaban J connectivity index is 0.00000176. The van der Waals surface area contributed by atoms with E-state index in [0.29, 0.717) is 17.8 Å². The molecule has 1 aromatic rings. The number of nitrogens with zero attached hydrogens (tertiary/aromatic N) is 2. The number of nitro benzene ring substituents is 1. The summed E-state index contributed by atoms with van der Waals surface area (Å²) >= 11 is 0. The number of hydrogen-bond acceptors (Lipinski definition) is 5. The monoisotopic (exact) mass is 327 g/mol. The van der Waals surface area contributed by atoms with Gasteiger partial charge in [-0.05, 0) is 30.9 Å². The Morgan fingerprint density at radius 1 is 1.36 bits per heavy atom. The molecule has 2 atom stereocenters. The smallest absolute Gasteiger partial charge is 0.311 e. The van der Waals surface area contributed by atoms with Gasteiger partial charge in [0.05, 0.1) is 12.0 Å². The first kappa shape index (κ1) is 17.0. The molecule has 122 valence electrons. The van der Waals surface area contributed by atoms with E-state index in [-0.39, 0.29) is 23.0 Å². The summed E-state index contributed by atoms with van der Waals surface area (Å²) in [6, 6.07) is 6.48. The molecule has 2 aliphatic heterocycles. The number of nitrogens with one attached hydrogen (secondary N) is 1. The standard InChI is InChI=1S/C15H21N3O3.ClH/c1-21-15-5-2-11(8-14(15)18(19)20)9-17-7-6-12-3-4-13(10-17)16-12;/h2,5,8,12-13,16H,3-4,6-7,9-10H2,1H3;1H. The van der Waals surface area contributed by atoms with Gasteiger partial charge in [-0.1, -0.05) is 6.07 Å². The van der Waals surface area contributed by atoms with Crippen LogP contribution >= 0.6 is 12.4 Å². The molecule has 0 amide bonds. The lowest BCUT2D eigenvalue weighted by Gasteiger charge is -2.24. The molecule has 2 heterocycles. The van der Waals surface area contributed by atoms with Crippen molar-refractivity contribution in [3.63, 3.8) is 0 Å². The lowest BCUT2D eigenvalue weighted by molar-refractivity contribution is -0.385. The van der Waals surface area contributed by atoms with Crippen molar-refractivity contribution < 1.29 is 9.66 Å². The molecule has 6 nitrogen and oxygen atoms in total. The van der Waals surface area contributed by atoms with Crippen LogP contribution in [0.1, 0.15) is 24.8 Å². The van der Waals surface area contributed by atoms with Gasteiger partial charge in [0, 0.05) is 37.8 Å². The quantitative estimate of drug-likeness (QED) is 0.679. The molecule has 0 radical (unpaired) electrons. The number of methoxy groups -OCH3 is 1. The van der Waals surface area contributed by atoms with Crippen molar-refractivity contribution in [1.82, 2.24) is 10.2 Å². The van der Waals surface area contributed by atoms with Gasteiger partial charge in [0.2, 0.25) is 0 Å². The number of halogens is 1. The molecule has 1 N–H and O–H groups in total. The fourth-order valence-corrected chi connectivity index (χ4v) is 3.39.